The first-order valence-electron chi connectivity index (χ1n) is 7.39. The fraction of sp³-hybridized carbons (Fsp3) is 0.647. The lowest BCUT2D eigenvalue weighted by molar-refractivity contribution is 0.393. The van der Waals surface area contributed by atoms with Crippen molar-refractivity contribution in [1.82, 2.24) is 5.32 Å². The normalized spacial score (nSPS) is 14.5. The van der Waals surface area contributed by atoms with Crippen LogP contribution in [-0.2, 0) is 0 Å². The average molecular weight is 247 g/mol. The highest BCUT2D eigenvalue weighted by molar-refractivity contribution is 5.36. The fourth-order valence-electron chi connectivity index (χ4n) is 2.94. The van der Waals surface area contributed by atoms with Crippen LogP contribution in [0, 0.1) is 19.8 Å². The predicted octanol–water partition coefficient (Wildman–Crippen LogP) is 4.78. The predicted molar refractivity (Wildman–Crippen MR) is 81.0 cm³/mol. The average Bonchev–Trinajstić information content (AvgIpc) is 2.29. The third-order valence-corrected chi connectivity index (χ3v) is 3.76. The molecular formula is C17H29N. The van der Waals surface area contributed by atoms with Crippen molar-refractivity contribution >= 4 is 0 Å². The summed E-state index contributed by atoms with van der Waals surface area (Å²) >= 11 is 0. The second-order valence-corrected chi connectivity index (χ2v) is 5.55. The molecule has 1 nitrogen and oxygen atoms in total. The topological polar surface area (TPSA) is 12.0 Å². The molecule has 1 aromatic carbocycles. The monoisotopic (exact) mass is 247 g/mol. The van der Waals surface area contributed by atoms with Crippen molar-refractivity contribution in [2.75, 3.05) is 6.54 Å². The maximum absolute atomic E-state index is 3.67. The quantitative estimate of drug-likeness (QED) is 0.731. The Morgan fingerprint density at radius 1 is 1.11 bits per heavy atom. The summed E-state index contributed by atoms with van der Waals surface area (Å²) in [6.07, 6.45) is 3.85. The van der Waals surface area contributed by atoms with Gasteiger partial charge in [0.05, 0.1) is 0 Å². The smallest absolute Gasteiger partial charge is 0.0327 e. The highest BCUT2D eigenvalue weighted by Gasteiger charge is 2.17. The van der Waals surface area contributed by atoms with Crippen LogP contribution >= 0.6 is 0 Å². The van der Waals surface area contributed by atoms with Gasteiger partial charge < -0.3 is 5.32 Å². The van der Waals surface area contributed by atoms with Gasteiger partial charge in [0, 0.05) is 6.04 Å². The minimum absolute atomic E-state index is 0.512. The van der Waals surface area contributed by atoms with Crippen molar-refractivity contribution in [2.45, 2.75) is 59.9 Å². The van der Waals surface area contributed by atoms with Crippen LogP contribution in [0.4, 0.5) is 0 Å². The minimum atomic E-state index is 0.512. The van der Waals surface area contributed by atoms with Gasteiger partial charge in [-0.2, -0.15) is 0 Å². The van der Waals surface area contributed by atoms with Crippen LogP contribution in [-0.4, -0.2) is 6.54 Å². The molecule has 2 atom stereocenters. The molecule has 0 aliphatic heterocycles. The van der Waals surface area contributed by atoms with Crippen molar-refractivity contribution in [3.05, 3.63) is 34.9 Å². The van der Waals surface area contributed by atoms with Crippen molar-refractivity contribution in [3.8, 4) is 0 Å². The first kappa shape index (κ1) is 15.2. The van der Waals surface area contributed by atoms with Crippen LogP contribution < -0.4 is 5.32 Å². The zero-order valence-electron chi connectivity index (χ0n) is 12.7. The Hall–Kier alpha value is -0.820. The molecule has 0 aliphatic carbocycles. The Labute approximate surface area is 113 Å². The lowest BCUT2D eigenvalue weighted by Crippen LogP contribution is -2.24. The number of hydrogen-bond donors (Lipinski definition) is 1. The zero-order chi connectivity index (χ0) is 13.5. The molecular weight excluding hydrogens is 218 g/mol. The molecule has 1 heteroatoms. The molecule has 0 bridgehead atoms. The SMILES string of the molecule is CCCC(C)CC(NCC)c1c(C)cccc1C. The Bertz CT molecular complexity index is 336. The number of benzene rings is 1. The maximum atomic E-state index is 3.67. The van der Waals surface area contributed by atoms with Crippen LogP contribution in [0.15, 0.2) is 18.2 Å². The molecule has 1 rings (SSSR count). The number of rotatable bonds is 7. The highest BCUT2D eigenvalue weighted by atomic mass is 14.9. The maximum Gasteiger partial charge on any atom is 0.0327 e. The summed E-state index contributed by atoms with van der Waals surface area (Å²) < 4.78 is 0. The van der Waals surface area contributed by atoms with E-state index in [9.17, 15) is 0 Å². The van der Waals surface area contributed by atoms with Gasteiger partial charge in [0.15, 0.2) is 0 Å². The van der Waals surface area contributed by atoms with Crippen LogP contribution in [0.1, 0.15) is 62.8 Å². The lowest BCUT2D eigenvalue weighted by atomic mass is 9.88. The Morgan fingerprint density at radius 3 is 2.22 bits per heavy atom. The highest BCUT2D eigenvalue weighted by Crippen LogP contribution is 2.28. The van der Waals surface area contributed by atoms with Gasteiger partial charge >= 0.3 is 0 Å². The van der Waals surface area contributed by atoms with Gasteiger partial charge in [-0.25, -0.2) is 0 Å². The Morgan fingerprint density at radius 2 is 1.72 bits per heavy atom. The van der Waals surface area contributed by atoms with E-state index in [-0.39, 0.29) is 0 Å². The summed E-state index contributed by atoms with van der Waals surface area (Å²) in [5.41, 5.74) is 4.36. The summed E-state index contributed by atoms with van der Waals surface area (Å²) in [4.78, 5) is 0. The van der Waals surface area contributed by atoms with Crippen LogP contribution in [0.3, 0.4) is 0 Å². The molecule has 0 aromatic heterocycles. The van der Waals surface area contributed by atoms with E-state index in [1.807, 2.05) is 0 Å². The van der Waals surface area contributed by atoms with E-state index in [1.165, 1.54) is 36.0 Å². The molecule has 0 fully saturated rings. The fourth-order valence-corrected chi connectivity index (χ4v) is 2.94. The van der Waals surface area contributed by atoms with Gasteiger partial charge in [-0.3, -0.25) is 0 Å². The van der Waals surface area contributed by atoms with Crippen molar-refractivity contribution in [3.63, 3.8) is 0 Å². The van der Waals surface area contributed by atoms with Gasteiger partial charge in [0.2, 0.25) is 0 Å². The molecule has 0 aliphatic rings. The van der Waals surface area contributed by atoms with Crippen molar-refractivity contribution in [2.24, 2.45) is 5.92 Å². The summed E-state index contributed by atoms with van der Waals surface area (Å²) in [5, 5.41) is 3.67. The largest absolute Gasteiger partial charge is 0.310 e. The Kier molecular flexibility index (Phi) is 6.42. The van der Waals surface area contributed by atoms with Gasteiger partial charge in [-0.05, 0) is 49.4 Å². The molecule has 2 unspecified atom stereocenters. The molecule has 0 spiro atoms. The minimum Gasteiger partial charge on any atom is -0.310 e. The van der Waals surface area contributed by atoms with E-state index in [4.69, 9.17) is 0 Å². The number of nitrogens with one attached hydrogen (secondary N) is 1. The van der Waals surface area contributed by atoms with Crippen LogP contribution in [0.2, 0.25) is 0 Å². The Balaban J connectivity index is 2.90. The summed E-state index contributed by atoms with van der Waals surface area (Å²) in [6, 6.07) is 7.14. The molecule has 0 radical (unpaired) electrons. The van der Waals surface area contributed by atoms with Crippen molar-refractivity contribution in [1.29, 1.82) is 0 Å². The second-order valence-electron chi connectivity index (χ2n) is 5.55. The van der Waals surface area contributed by atoms with E-state index in [0.29, 0.717) is 6.04 Å². The van der Waals surface area contributed by atoms with E-state index in [2.05, 4.69) is 58.1 Å². The van der Waals surface area contributed by atoms with Crippen molar-refractivity contribution < 1.29 is 0 Å². The van der Waals surface area contributed by atoms with E-state index < -0.39 is 0 Å². The first-order chi connectivity index (χ1) is 8.60. The molecule has 0 saturated heterocycles. The molecule has 1 aromatic rings. The zero-order valence-corrected chi connectivity index (χ0v) is 12.7. The molecule has 0 saturated carbocycles. The summed E-state index contributed by atoms with van der Waals surface area (Å²) in [5.74, 6) is 0.790. The summed E-state index contributed by atoms with van der Waals surface area (Å²) in [6.45, 7) is 12.4. The lowest BCUT2D eigenvalue weighted by Gasteiger charge is -2.25. The van der Waals surface area contributed by atoms with E-state index in [0.717, 1.165) is 12.5 Å². The molecule has 0 amide bonds. The van der Waals surface area contributed by atoms with Gasteiger partial charge in [-0.15, -0.1) is 0 Å². The van der Waals surface area contributed by atoms with Crippen LogP contribution in [0.25, 0.3) is 0 Å². The first-order valence-corrected chi connectivity index (χ1v) is 7.39. The number of hydrogen-bond acceptors (Lipinski definition) is 1. The number of aryl methyl sites for hydroxylation is 2. The molecule has 102 valence electrons. The van der Waals surface area contributed by atoms with Crippen LogP contribution in [0.5, 0.6) is 0 Å². The van der Waals surface area contributed by atoms with Gasteiger partial charge in [0.1, 0.15) is 0 Å². The third kappa shape index (κ3) is 4.13. The molecule has 0 heterocycles. The van der Waals surface area contributed by atoms with E-state index >= 15 is 0 Å². The second kappa shape index (κ2) is 7.58. The van der Waals surface area contributed by atoms with E-state index in [1.54, 1.807) is 0 Å². The molecule has 18 heavy (non-hydrogen) atoms. The van der Waals surface area contributed by atoms with Gasteiger partial charge in [-0.1, -0.05) is 51.8 Å². The summed E-state index contributed by atoms with van der Waals surface area (Å²) in [7, 11) is 0. The standard InChI is InChI=1S/C17H29N/c1-6-9-13(3)12-16(18-7-2)17-14(4)10-8-11-15(17)5/h8,10-11,13,16,18H,6-7,9,12H2,1-5H3. The van der Waals surface area contributed by atoms with Gasteiger partial charge in [0.25, 0.3) is 0 Å². The molecule has 1 N–H and O–H groups in total. The third-order valence-electron chi connectivity index (χ3n) is 3.76.